The lowest BCUT2D eigenvalue weighted by Crippen LogP contribution is -2.48. The van der Waals surface area contributed by atoms with Gasteiger partial charge in [-0.2, -0.15) is 0 Å². The average Bonchev–Trinajstić information content (AvgIpc) is 2.91. The summed E-state index contributed by atoms with van der Waals surface area (Å²) in [4.78, 5) is 15.6. The van der Waals surface area contributed by atoms with Gasteiger partial charge in [0.15, 0.2) is 5.43 Å². The van der Waals surface area contributed by atoms with Gasteiger partial charge >= 0.3 is 0 Å². The number of fused-ring (bicyclic) bond motifs is 1. The highest BCUT2D eigenvalue weighted by molar-refractivity contribution is 5.92. The molecule has 4 nitrogen and oxygen atoms in total. The molecule has 0 bridgehead atoms. The zero-order valence-electron chi connectivity index (χ0n) is 20.3. The number of piperidine rings is 1. The van der Waals surface area contributed by atoms with Gasteiger partial charge in [-0.3, -0.25) is 4.79 Å². The number of nitrogens with two attached hydrogens (primary N) is 2. The van der Waals surface area contributed by atoms with Crippen LogP contribution in [0.15, 0.2) is 65.5 Å². The number of rotatable bonds is 5. The molecule has 4 rings (SSSR count). The second-order valence-corrected chi connectivity index (χ2v) is 10.5. The van der Waals surface area contributed by atoms with Crippen molar-refractivity contribution in [2.24, 2.45) is 11.8 Å². The highest BCUT2D eigenvalue weighted by Gasteiger charge is 2.38. The number of anilines is 2. The van der Waals surface area contributed by atoms with Crippen molar-refractivity contribution in [2.45, 2.75) is 45.4 Å². The summed E-state index contributed by atoms with van der Waals surface area (Å²) in [6.45, 7) is 12.2. The lowest BCUT2D eigenvalue weighted by Gasteiger charge is -2.46. The van der Waals surface area contributed by atoms with Crippen molar-refractivity contribution in [1.29, 1.82) is 0 Å². The molecule has 174 valence electrons. The molecule has 1 aliphatic heterocycles. The predicted octanol–water partition coefficient (Wildman–Crippen LogP) is 5.40. The molecule has 0 spiro atoms. The number of nitrogens with zero attached hydrogens (tertiary/aromatic N) is 1. The fraction of sp³-hybridized carbons (Fsp3) is 0.414. The molecule has 3 atom stereocenters. The van der Waals surface area contributed by atoms with Crippen molar-refractivity contribution < 1.29 is 0 Å². The van der Waals surface area contributed by atoms with Crippen LogP contribution in [0.1, 0.15) is 51.2 Å². The monoisotopic (exact) mass is 443 g/mol. The Labute approximate surface area is 197 Å². The van der Waals surface area contributed by atoms with E-state index in [-0.39, 0.29) is 16.8 Å². The van der Waals surface area contributed by atoms with E-state index in [1.807, 2.05) is 42.5 Å². The maximum atomic E-state index is 13.0. The number of nitrogen functional groups attached to an aromatic ring is 2. The molecule has 3 unspecified atom stereocenters. The Balaban J connectivity index is 1.60. The van der Waals surface area contributed by atoms with Gasteiger partial charge in [0.25, 0.3) is 0 Å². The van der Waals surface area contributed by atoms with E-state index in [1.54, 1.807) is 0 Å². The summed E-state index contributed by atoms with van der Waals surface area (Å²) in [6.07, 6.45) is 1.09. The van der Waals surface area contributed by atoms with Crippen LogP contribution in [-0.2, 0) is 5.41 Å². The first-order valence-corrected chi connectivity index (χ1v) is 12.1. The molecule has 0 saturated carbocycles. The van der Waals surface area contributed by atoms with Crippen LogP contribution < -0.4 is 16.9 Å². The summed E-state index contributed by atoms with van der Waals surface area (Å²) in [7, 11) is 0. The first-order chi connectivity index (χ1) is 15.7. The van der Waals surface area contributed by atoms with Crippen molar-refractivity contribution in [3.63, 3.8) is 0 Å². The van der Waals surface area contributed by atoms with Crippen LogP contribution in [0, 0.1) is 11.8 Å². The molecule has 1 heterocycles. The molecule has 4 heteroatoms. The Kier molecular flexibility index (Phi) is 6.49. The molecular formula is C29H37N3O. The molecule has 0 aromatic heterocycles. The third kappa shape index (κ3) is 4.63. The van der Waals surface area contributed by atoms with Gasteiger partial charge < -0.3 is 16.4 Å². The summed E-state index contributed by atoms with van der Waals surface area (Å²) in [5, 5.41) is 1.52. The van der Waals surface area contributed by atoms with Gasteiger partial charge in [0.2, 0.25) is 0 Å². The third-order valence-electron chi connectivity index (χ3n) is 7.92. The lowest BCUT2D eigenvalue weighted by molar-refractivity contribution is 0.101. The minimum atomic E-state index is 0.0456. The molecule has 4 N–H and O–H groups in total. The maximum Gasteiger partial charge on any atom is 0.186 e. The molecule has 3 aromatic carbocycles. The largest absolute Gasteiger partial charge is 0.399 e. The summed E-state index contributed by atoms with van der Waals surface area (Å²) < 4.78 is 0. The first-order valence-electron chi connectivity index (χ1n) is 12.1. The Bertz CT molecular complexity index is 1200. The van der Waals surface area contributed by atoms with Crippen LogP contribution >= 0.6 is 0 Å². The third-order valence-corrected chi connectivity index (χ3v) is 7.92. The SMILES string of the molecule is CC(C)C(CN1CCC(C)(c2cccc(N)c2)C(C)C1)c1cc(N)c2ccccc2c(=O)c1. The van der Waals surface area contributed by atoms with Gasteiger partial charge in [0.1, 0.15) is 0 Å². The fourth-order valence-corrected chi connectivity index (χ4v) is 5.48. The molecule has 33 heavy (non-hydrogen) atoms. The minimum absolute atomic E-state index is 0.0456. The highest BCUT2D eigenvalue weighted by Crippen LogP contribution is 2.40. The number of hydrogen-bond donors (Lipinski definition) is 2. The Hall–Kier alpha value is -2.85. The van der Waals surface area contributed by atoms with Crippen LogP contribution in [0.5, 0.6) is 0 Å². The van der Waals surface area contributed by atoms with Crippen molar-refractivity contribution in [1.82, 2.24) is 4.90 Å². The van der Waals surface area contributed by atoms with E-state index in [0.29, 0.717) is 22.9 Å². The topological polar surface area (TPSA) is 72.3 Å². The normalized spacial score (nSPS) is 22.5. The van der Waals surface area contributed by atoms with Gasteiger partial charge in [-0.1, -0.05) is 64.1 Å². The van der Waals surface area contributed by atoms with Crippen molar-refractivity contribution in [3.05, 3.63) is 82.0 Å². The van der Waals surface area contributed by atoms with Crippen LogP contribution in [-0.4, -0.2) is 24.5 Å². The van der Waals surface area contributed by atoms with Gasteiger partial charge in [0.05, 0.1) is 0 Å². The molecule has 0 radical (unpaired) electrons. The smallest absolute Gasteiger partial charge is 0.186 e. The zero-order chi connectivity index (χ0) is 23.8. The van der Waals surface area contributed by atoms with E-state index in [0.717, 1.165) is 42.7 Å². The van der Waals surface area contributed by atoms with Crippen molar-refractivity contribution in [3.8, 4) is 0 Å². The minimum Gasteiger partial charge on any atom is -0.399 e. The van der Waals surface area contributed by atoms with Crippen LogP contribution in [0.25, 0.3) is 10.8 Å². The first kappa shape index (κ1) is 23.3. The van der Waals surface area contributed by atoms with Crippen molar-refractivity contribution in [2.75, 3.05) is 31.1 Å². The lowest BCUT2D eigenvalue weighted by atomic mass is 9.68. The number of likely N-dealkylation sites (tertiary alicyclic amines) is 1. The molecule has 1 aliphatic rings. The van der Waals surface area contributed by atoms with Crippen LogP contribution in [0.2, 0.25) is 0 Å². The van der Waals surface area contributed by atoms with Crippen LogP contribution in [0.4, 0.5) is 11.4 Å². The van der Waals surface area contributed by atoms with E-state index in [2.05, 4.69) is 50.8 Å². The van der Waals surface area contributed by atoms with Gasteiger partial charge in [0, 0.05) is 35.2 Å². The zero-order valence-corrected chi connectivity index (χ0v) is 20.3. The van der Waals surface area contributed by atoms with Crippen molar-refractivity contribution >= 4 is 22.1 Å². The number of hydrogen-bond acceptors (Lipinski definition) is 4. The summed E-state index contributed by atoms with van der Waals surface area (Å²) in [6, 6.07) is 19.8. The van der Waals surface area contributed by atoms with E-state index in [9.17, 15) is 4.79 Å². The van der Waals surface area contributed by atoms with E-state index < -0.39 is 0 Å². The molecule has 1 saturated heterocycles. The Morgan fingerprint density at radius 1 is 1.03 bits per heavy atom. The second-order valence-electron chi connectivity index (χ2n) is 10.5. The molecule has 0 amide bonds. The van der Waals surface area contributed by atoms with E-state index in [1.165, 1.54) is 5.56 Å². The molecular weight excluding hydrogens is 406 g/mol. The van der Waals surface area contributed by atoms with Crippen LogP contribution in [0.3, 0.4) is 0 Å². The van der Waals surface area contributed by atoms with Gasteiger partial charge in [-0.25, -0.2) is 0 Å². The average molecular weight is 444 g/mol. The standard InChI is InChI=1S/C29H37N3O/c1-19(2)26(21-14-27(31)24-10-5-6-11-25(24)28(33)15-21)18-32-13-12-29(4,20(3)17-32)22-8-7-9-23(30)16-22/h5-11,14-16,19-20,26H,12-13,17-18,30-31H2,1-4H3. The fourth-order valence-electron chi connectivity index (χ4n) is 5.48. The molecule has 1 fully saturated rings. The molecule has 3 aromatic rings. The summed E-state index contributed by atoms with van der Waals surface area (Å²) in [5.41, 5.74) is 16.6. The predicted molar refractivity (Wildman–Crippen MR) is 141 cm³/mol. The number of benzene rings is 2. The highest BCUT2D eigenvalue weighted by atomic mass is 16.1. The maximum absolute atomic E-state index is 13.0. The quantitative estimate of drug-likeness (QED) is 0.518. The van der Waals surface area contributed by atoms with Gasteiger partial charge in [-0.15, -0.1) is 0 Å². The summed E-state index contributed by atoms with van der Waals surface area (Å²) >= 11 is 0. The second kappa shape index (κ2) is 9.18. The van der Waals surface area contributed by atoms with E-state index >= 15 is 0 Å². The Morgan fingerprint density at radius 3 is 2.42 bits per heavy atom. The Morgan fingerprint density at radius 2 is 1.76 bits per heavy atom. The molecule has 0 aliphatic carbocycles. The van der Waals surface area contributed by atoms with E-state index in [4.69, 9.17) is 11.5 Å². The summed E-state index contributed by atoms with van der Waals surface area (Å²) in [5.74, 6) is 1.13. The van der Waals surface area contributed by atoms with Gasteiger partial charge in [-0.05, 0) is 71.5 Å².